The third-order valence-corrected chi connectivity index (χ3v) is 5.48. The van der Waals surface area contributed by atoms with Crippen molar-refractivity contribution in [1.29, 1.82) is 0 Å². The second kappa shape index (κ2) is 7.71. The fraction of sp³-hybridized carbons (Fsp3) is 0.375. The molecule has 29 heavy (non-hydrogen) atoms. The first-order valence-corrected chi connectivity index (χ1v) is 10.1. The summed E-state index contributed by atoms with van der Waals surface area (Å²) in [5.41, 5.74) is 4.95. The number of hydrogen-bond donors (Lipinski definition) is 0. The van der Waals surface area contributed by atoms with Crippen LogP contribution in [-0.2, 0) is 6.42 Å². The topological polar surface area (TPSA) is 52.5 Å². The van der Waals surface area contributed by atoms with Gasteiger partial charge in [0.15, 0.2) is 0 Å². The predicted molar refractivity (Wildman–Crippen MR) is 113 cm³/mol. The Labute approximate surface area is 171 Å². The van der Waals surface area contributed by atoms with Gasteiger partial charge in [-0.15, -0.1) is 0 Å². The summed E-state index contributed by atoms with van der Waals surface area (Å²) < 4.78 is 11.3. The van der Waals surface area contributed by atoms with Crippen LogP contribution >= 0.6 is 0 Å². The van der Waals surface area contributed by atoms with Crippen molar-refractivity contribution in [3.63, 3.8) is 0 Å². The SMILES string of the molecule is [C-]#[N+]c1cc(-c2nc(-c3cccc4c3CC[C@@H]4C(C)C)no2)ccc1OC(C)C. The minimum atomic E-state index is 0.00574. The summed E-state index contributed by atoms with van der Waals surface area (Å²) in [5.74, 6) is 2.79. The molecular weight excluding hydrogens is 362 g/mol. The Hall–Kier alpha value is -3.13. The molecule has 148 valence electrons. The van der Waals surface area contributed by atoms with Crippen molar-refractivity contribution in [3.8, 4) is 28.6 Å². The van der Waals surface area contributed by atoms with Crippen LogP contribution in [0.4, 0.5) is 5.69 Å². The number of ether oxygens (including phenoxy) is 1. The molecule has 0 unspecified atom stereocenters. The van der Waals surface area contributed by atoms with Crippen molar-refractivity contribution in [3.05, 3.63) is 58.9 Å². The van der Waals surface area contributed by atoms with Gasteiger partial charge in [0.25, 0.3) is 5.89 Å². The molecule has 1 aromatic heterocycles. The summed E-state index contributed by atoms with van der Waals surface area (Å²) in [5, 5.41) is 4.24. The smallest absolute Gasteiger partial charge is 0.256 e. The normalized spacial score (nSPS) is 15.6. The molecule has 0 spiro atoms. The van der Waals surface area contributed by atoms with E-state index < -0.39 is 0 Å². The molecule has 1 atom stereocenters. The Balaban J connectivity index is 1.68. The molecule has 5 nitrogen and oxygen atoms in total. The molecule has 2 aromatic carbocycles. The third-order valence-electron chi connectivity index (χ3n) is 5.48. The Morgan fingerprint density at radius 1 is 1.17 bits per heavy atom. The highest BCUT2D eigenvalue weighted by molar-refractivity contribution is 5.70. The molecule has 0 fully saturated rings. The summed E-state index contributed by atoms with van der Waals surface area (Å²) in [7, 11) is 0. The van der Waals surface area contributed by atoms with Gasteiger partial charge >= 0.3 is 0 Å². The van der Waals surface area contributed by atoms with E-state index in [2.05, 4.69) is 47.0 Å². The summed E-state index contributed by atoms with van der Waals surface area (Å²) in [6.45, 7) is 15.9. The van der Waals surface area contributed by atoms with Crippen molar-refractivity contribution >= 4 is 5.69 Å². The maximum atomic E-state index is 7.44. The quantitative estimate of drug-likeness (QED) is 0.474. The fourth-order valence-corrected chi connectivity index (χ4v) is 4.13. The number of fused-ring (bicyclic) bond motifs is 1. The average Bonchev–Trinajstić information content (AvgIpc) is 3.35. The van der Waals surface area contributed by atoms with Gasteiger partial charge in [-0.3, -0.25) is 0 Å². The summed E-state index contributed by atoms with van der Waals surface area (Å²) in [6, 6.07) is 11.8. The van der Waals surface area contributed by atoms with Gasteiger partial charge in [0, 0.05) is 11.1 Å². The van der Waals surface area contributed by atoms with Gasteiger partial charge in [-0.2, -0.15) is 4.98 Å². The van der Waals surface area contributed by atoms with Crippen LogP contribution in [0.25, 0.3) is 27.7 Å². The Kier molecular flexibility index (Phi) is 5.10. The maximum Gasteiger partial charge on any atom is 0.256 e. The van der Waals surface area contributed by atoms with Gasteiger partial charge in [-0.1, -0.05) is 37.2 Å². The van der Waals surface area contributed by atoms with Gasteiger partial charge < -0.3 is 9.26 Å². The first-order chi connectivity index (χ1) is 14.0. The molecule has 1 aliphatic carbocycles. The lowest BCUT2D eigenvalue weighted by Gasteiger charge is -2.15. The van der Waals surface area contributed by atoms with Crippen molar-refractivity contribution in [1.82, 2.24) is 10.1 Å². The number of aromatic nitrogens is 2. The highest BCUT2D eigenvalue weighted by Gasteiger charge is 2.28. The molecule has 0 radical (unpaired) electrons. The highest BCUT2D eigenvalue weighted by Crippen LogP contribution is 2.42. The van der Waals surface area contributed by atoms with Crippen molar-refractivity contribution in [2.75, 3.05) is 0 Å². The lowest BCUT2D eigenvalue weighted by atomic mass is 9.89. The van der Waals surface area contributed by atoms with Crippen molar-refractivity contribution in [2.24, 2.45) is 5.92 Å². The monoisotopic (exact) mass is 387 g/mol. The Morgan fingerprint density at radius 2 is 2.00 bits per heavy atom. The van der Waals surface area contributed by atoms with Gasteiger partial charge in [-0.05, 0) is 67.9 Å². The number of rotatable bonds is 5. The molecule has 0 N–H and O–H groups in total. The lowest BCUT2D eigenvalue weighted by molar-refractivity contribution is 0.244. The zero-order chi connectivity index (χ0) is 20.5. The molecule has 0 bridgehead atoms. The largest absolute Gasteiger partial charge is 0.502 e. The molecule has 1 heterocycles. The van der Waals surface area contributed by atoms with Gasteiger partial charge in [-0.25, -0.2) is 4.85 Å². The molecule has 3 aromatic rings. The Morgan fingerprint density at radius 3 is 2.72 bits per heavy atom. The van der Waals surface area contributed by atoms with E-state index in [1.54, 1.807) is 12.1 Å². The van der Waals surface area contributed by atoms with Gasteiger partial charge in [0.2, 0.25) is 11.5 Å². The van der Waals surface area contributed by atoms with E-state index in [1.165, 1.54) is 17.5 Å². The van der Waals surface area contributed by atoms with E-state index in [1.807, 2.05) is 19.9 Å². The van der Waals surface area contributed by atoms with E-state index in [0.29, 0.717) is 35.0 Å². The second-order valence-electron chi connectivity index (χ2n) is 8.15. The molecule has 0 aliphatic heterocycles. The van der Waals surface area contributed by atoms with Crippen LogP contribution in [0.1, 0.15) is 51.2 Å². The van der Waals surface area contributed by atoms with E-state index >= 15 is 0 Å². The zero-order valence-corrected chi connectivity index (χ0v) is 17.3. The maximum absolute atomic E-state index is 7.44. The standard InChI is InChI=1S/C24H25N3O2/c1-14(2)17-10-11-19-18(17)7-6-8-20(19)23-26-24(29-27-23)16-9-12-22(28-15(3)4)21(13-16)25-5/h6-9,12-15,17H,10-11H2,1-4H3/t17-/m1/s1. The van der Waals surface area contributed by atoms with Crippen LogP contribution in [-0.4, -0.2) is 16.2 Å². The molecule has 0 amide bonds. The average molecular weight is 387 g/mol. The predicted octanol–water partition coefficient (Wildman–Crippen LogP) is 6.43. The molecule has 1 aliphatic rings. The van der Waals surface area contributed by atoms with Crippen LogP contribution in [0, 0.1) is 12.5 Å². The minimum Gasteiger partial charge on any atom is -0.502 e. The van der Waals surface area contributed by atoms with Crippen molar-refractivity contribution in [2.45, 2.75) is 52.6 Å². The van der Waals surface area contributed by atoms with E-state index in [0.717, 1.165) is 17.5 Å². The molecule has 5 heteroatoms. The van der Waals surface area contributed by atoms with Crippen LogP contribution in [0.3, 0.4) is 0 Å². The third kappa shape index (κ3) is 3.63. The summed E-state index contributed by atoms with van der Waals surface area (Å²) >= 11 is 0. The van der Waals surface area contributed by atoms with Gasteiger partial charge in [0.05, 0.1) is 12.7 Å². The molecular formula is C24H25N3O2. The number of benzene rings is 2. The van der Waals surface area contributed by atoms with Crippen LogP contribution in [0.5, 0.6) is 5.75 Å². The van der Waals surface area contributed by atoms with E-state index in [9.17, 15) is 0 Å². The van der Waals surface area contributed by atoms with Crippen LogP contribution < -0.4 is 4.74 Å². The summed E-state index contributed by atoms with van der Waals surface area (Å²) in [4.78, 5) is 8.22. The zero-order valence-electron chi connectivity index (χ0n) is 17.3. The first kappa shape index (κ1) is 19.2. The highest BCUT2D eigenvalue weighted by atomic mass is 16.5. The van der Waals surface area contributed by atoms with Gasteiger partial charge in [0.1, 0.15) is 5.75 Å². The van der Waals surface area contributed by atoms with E-state index in [-0.39, 0.29) is 6.10 Å². The summed E-state index contributed by atoms with van der Waals surface area (Å²) in [6.07, 6.45) is 2.22. The Bertz CT molecular complexity index is 1080. The van der Waals surface area contributed by atoms with Crippen LogP contribution in [0.15, 0.2) is 40.9 Å². The molecule has 0 saturated carbocycles. The second-order valence-corrected chi connectivity index (χ2v) is 8.15. The van der Waals surface area contributed by atoms with E-state index in [4.69, 9.17) is 15.8 Å². The first-order valence-electron chi connectivity index (χ1n) is 10.1. The van der Waals surface area contributed by atoms with Crippen molar-refractivity contribution < 1.29 is 9.26 Å². The molecule has 0 saturated heterocycles. The molecule has 4 rings (SSSR count). The lowest BCUT2D eigenvalue weighted by Crippen LogP contribution is -2.05. The minimum absolute atomic E-state index is 0.00574. The van der Waals surface area contributed by atoms with Crippen LogP contribution in [0.2, 0.25) is 0 Å². The number of hydrogen-bond acceptors (Lipinski definition) is 4. The number of nitrogens with zero attached hydrogens (tertiary/aromatic N) is 3. The fourth-order valence-electron chi connectivity index (χ4n) is 4.13.